The van der Waals surface area contributed by atoms with Crippen LogP contribution in [0.25, 0.3) is 0 Å². The van der Waals surface area contributed by atoms with E-state index in [2.05, 4.69) is 32.6 Å². The van der Waals surface area contributed by atoms with E-state index in [1.54, 1.807) is 0 Å². The van der Waals surface area contributed by atoms with Gasteiger partial charge >= 0.3 is 0 Å². The van der Waals surface area contributed by atoms with Crippen molar-refractivity contribution in [2.24, 2.45) is 5.41 Å². The van der Waals surface area contributed by atoms with E-state index >= 15 is 0 Å². The predicted octanol–water partition coefficient (Wildman–Crippen LogP) is 2.59. The van der Waals surface area contributed by atoms with E-state index in [4.69, 9.17) is 0 Å². The van der Waals surface area contributed by atoms with Crippen molar-refractivity contribution in [3.8, 4) is 11.8 Å². The summed E-state index contributed by atoms with van der Waals surface area (Å²) in [6.45, 7) is 9.88. The standard InChI is InChI=1S/C11H20O/c1-10(2,3)8-6-7-9-11(4,5)12/h12H,7,9H2,1-5H3. The summed E-state index contributed by atoms with van der Waals surface area (Å²) in [5.74, 6) is 6.21. The quantitative estimate of drug-likeness (QED) is 0.628. The number of hydrogen-bond donors (Lipinski definition) is 1. The van der Waals surface area contributed by atoms with Crippen LogP contribution in [0.2, 0.25) is 0 Å². The van der Waals surface area contributed by atoms with E-state index < -0.39 is 5.60 Å². The normalized spacial score (nSPS) is 12.2. The maximum absolute atomic E-state index is 9.38. The van der Waals surface area contributed by atoms with Crippen LogP contribution in [0.3, 0.4) is 0 Å². The highest BCUT2D eigenvalue weighted by atomic mass is 16.3. The molecule has 1 heteroatoms. The van der Waals surface area contributed by atoms with E-state index in [0.717, 1.165) is 12.8 Å². The van der Waals surface area contributed by atoms with E-state index in [1.165, 1.54) is 0 Å². The molecule has 12 heavy (non-hydrogen) atoms. The molecule has 70 valence electrons. The Balaban J connectivity index is 3.75. The average Bonchev–Trinajstić information content (AvgIpc) is 1.76. The second-order valence-electron chi connectivity index (χ2n) is 4.86. The van der Waals surface area contributed by atoms with Crippen LogP contribution < -0.4 is 0 Å². The highest BCUT2D eigenvalue weighted by Gasteiger charge is 2.10. The first-order valence-corrected chi connectivity index (χ1v) is 4.43. The lowest BCUT2D eigenvalue weighted by Crippen LogP contribution is -2.17. The first-order valence-electron chi connectivity index (χ1n) is 4.43. The summed E-state index contributed by atoms with van der Waals surface area (Å²) in [4.78, 5) is 0. The fraction of sp³-hybridized carbons (Fsp3) is 0.818. The Hall–Kier alpha value is -0.480. The number of rotatable bonds is 2. The van der Waals surface area contributed by atoms with E-state index in [9.17, 15) is 5.11 Å². The maximum atomic E-state index is 9.38. The molecule has 0 aromatic heterocycles. The molecule has 0 amide bonds. The summed E-state index contributed by atoms with van der Waals surface area (Å²) in [6, 6.07) is 0. The van der Waals surface area contributed by atoms with Gasteiger partial charge in [0.25, 0.3) is 0 Å². The summed E-state index contributed by atoms with van der Waals surface area (Å²) < 4.78 is 0. The molecule has 0 aliphatic rings. The molecular weight excluding hydrogens is 148 g/mol. The molecule has 0 fully saturated rings. The minimum Gasteiger partial charge on any atom is -0.390 e. The minimum absolute atomic E-state index is 0.0829. The molecular formula is C11H20O. The third kappa shape index (κ3) is 9.52. The molecule has 1 nitrogen and oxygen atoms in total. The summed E-state index contributed by atoms with van der Waals surface area (Å²) >= 11 is 0. The first kappa shape index (κ1) is 11.5. The zero-order valence-electron chi connectivity index (χ0n) is 8.86. The molecule has 0 aromatic rings. The third-order valence-electron chi connectivity index (χ3n) is 1.33. The number of aliphatic hydroxyl groups is 1. The van der Waals surface area contributed by atoms with Crippen LogP contribution in [0.15, 0.2) is 0 Å². The summed E-state index contributed by atoms with van der Waals surface area (Å²) in [6.07, 6.45) is 1.52. The highest BCUT2D eigenvalue weighted by Crippen LogP contribution is 2.12. The molecule has 0 atom stereocenters. The topological polar surface area (TPSA) is 20.2 Å². The van der Waals surface area contributed by atoms with Crippen LogP contribution in [0.4, 0.5) is 0 Å². The van der Waals surface area contributed by atoms with Crippen LogP contribution in [0.1, 0.15) is 47.5 Å². The van der Waals surface area contributed by atoms with Gasteiger partial charge in [-0.2, -0.15) is 0 Å². The van der Waals surface area contributed by atoms with Crippen LogP contribution in [-0.4, -0.2) is 10.7 Å². The van der Waals surface area contributed by atoms with Crippen molar-refractivity contribution < 1.29 is 5.11 Å². The molecule has 0 spiro atoms. The van der Waals surface area contributed by atoms with Gasteiger partial charge in [-0.15, -0.1) is 5.92 Å². The van der Waals surface area contributed by atoms with Gasteiger partial charge in [0.05, 0.1) is 5.60 Å². The zero-order chi connectivity index (χ0) is 9.83. The molecule has 0 unspecified atom stereocenters. The Labute approximate surface area is 76.2 Å². The Morgan fingerprint density at radius 1 is 1.08 bits per heavy atom. The second kappa shape index (κ2) is 3.96. The molecule has 0 radical (unpaired) electrons. The van der Waals surface area contributed by atoms with Gasteiger partial charge in [0.2, 0.25) is 0 Å². The molecule has 0 aliphatic heterocycles. The Morgan fingerprint density at radius 3 is 1.92 bits per heavy atom. The van der Waals surface area contributed by atoms with Gasteiger partial charge in [-0.1, -0.05) is 5.92 Å². The maximum Gasteiger partial charge on any atom is 0.0600 e. The zero-order valence-corrected chi connectivity index (χ0v) is 8.86. The summed E-state index contributed by atoms with van der Waals surface area (Å²) in [7, 11) is 0. The van der Waals surface area contributed by atoms with E-state index in [1.807, 2.05) is 13.8 Å². The van der Waals surface area contributed by atoms with E-state index in [-0.39, 0.29) is 5.41 Å². The van der Waals surface area contributed by atoms with Crippen molar-refractivity contribution in [3.63, 3.8) is 0 Å². The molecule has 0 heterocycles. The van der Waals surface area contributed by atoms with Gasteiger partial charge in [0.1, 0.15) is 0 Å². The van der Waals surface area contributed by atoms with Gasteiger partial charge < -0.3 is 5.11 Å². The summed E-state index contributed by atoms with van der Waals surface area (Å²) in [5, 5.41) is 9.38. The van der Waals surface area contributed by atoms with Crippen LogP contribution in [0.5, 0.6) is 0 Å². The van der Waals surface area contributed by atoms with Crippen molar-refractivity contribution in [3.05, 3.63) is 0 Å². The lowest BCUT2D eigenvalue weighted by atomic mass is 9.97. The molecule has 0 saturated carbocycles. The van der Waals surface area contributed by atoms with Gasteiger partial charge in [-0.05, 0) is 41.0 Å². The number of hydrogen-bond acceptors (Lipinski definition) is 1. The van der Waals surface area contributed by atoms with Crippen molar-refractivity contribution in [1.29, 1.82) is 0 Å². The van der Waals surface area contributed by atoms with Crippen molar-refractivity contribution in [1.82, 2.24) is 0 Å². The monoisotopic (exact) mass is 168 g/mol. The smallest absolute Gasteiger partial charge is 0.0600 e. The average molecular weight is 168 g/mol. The molecule has 0 aliphatic carbocycles. The Kier molecular flexibility index (Phi) is 3.80. The predicted molar refractivity (Wildman–Crippen MR) is 52.8 cm³/mol. The van der Waals surface area contributed by atoms with Crippen molar-refractivity contribution in [2.75, 3.05) is 0 Å². The van der Waals surface area contributed by atoms with Gasteiger partial charge in [0.15, 0.2) is 0 Å². The second-order valence-corrected chi connectivity index (χ2v) is 4.86. The lowest BCUT2D eigenvalue weighted by molar-refractivity contribution is 0.0727. The summed E-state index contributed by atoms with van der Waals surface area (Å²) in [5.41, 5.74) is -0.494. The molecule has 1 N–H and O–H groups in total. The fourth-order valence-electron chi connectivity index (χ4n) is 0.696. The van der Waals surface area contributed by atoms with Crippen LogP contribution in [0, 0.1) is 17.3 Å². The highest BCUT2D eigenvalue weighted by molar-refractivity contribution is 5.07. The van der Waals surface area contributed by atoms with Crippen molar-refractivity contribution >= 4 is 0 Å². The molecule has 0 saturated heterocycles. The molecule has 0 rings (SSSR count). The Morgan fingerprint density at radius 2 is 1.58 bits per heavy atom. The van der Waals surface area contributed by atoms with Crippen LogP contribution >= 0.6 is 0 Å². The third-order valence-corrected chi connectivity index (χ3v) is 1.33. The first-order chi connectivity index (χ1) is 5.21. The largest absolute Gasteiger partial charge is 0.390 e. The minimum atomic E-state index is -0.577. The fourth-order valence-corrected chi connectivity index (χ4v) is 0.696. The molecule has 0 aromatic carbocycles. The van der Waals surface area contributed by atoms with E-state index in [0.29, 0.717) is 0 Å². The van der Waals surface area contributed by atoms with Crippen molar-refractivity contribution in [2.45, 2.75) is 53.1 Å². The van der Waals surface area contributed by atoms with Gasteiger partial charge in [-0.3, -0.25) is 0 Å². The lowest BCUT2D eigenvalue weighted by Gasteiger charge is -2.14. The Bertz CT molecular complexity index is 180. The van der Waals surface area contributed by atoms with Gasteiger partial charge in [0, 0.05) is 11.8 Å². The molecule has 0 bridgehead atoms. The SMILES string of the molecule is CC(C)(C)C#CCCC(C)(C)O. The van der Waals surface area contributed by atoms with Crippen LogP contribution in [-0.2, 0) is 0 Å². The van der Waals surface area contributed by atoms with Gasteiger partial charge in [-0.25, -0.2) is 0 Å².